The molecule has 8 heteroatoms. The van der Waals surface area contributed by atoms with Crippen molar-refractivity contribution in [3.05, 3.63) is 70.1 Å². The molecule has 3 aromatic rings. The molecule has 2 aromatic carbocycles. The Hall–Kier alpha value is -3.06. The molecule has 0 saturated heterocycles. The minimum absolute atomic E-state index is 0.170. The highest BCUT2D eigenvalue weighted by Crippen LogP contribution is 2.36. The lowest BCUT2D eigenvalue weighted by Crippen LogP contribution is -2.39. The van der Waals surface area contributed by atoms with Gasteiger partial charge in [0.25, 0.3) is 0 Å². The second kappa shape index (κ2) is 8.36. The Kier molecular flexibility index (Phi) is 5.63. The molecule has 0 unspecified atom stereocenters. The van der Waals surface area contributed by atoms with Gasteiger partial charge in [-0.05, 0) is 42.5 Å². The number of carboxylic acid groups (broad SMARTS) is 1. The molecule has 0 fully saturated rings. The van der Waals surface area contributed by atoms with Crippen LogP contribution in [0.4, 0.5) is 9.18 Å². The number of halogens is 2. The topological polar surface area (TPSA) is 80.6 Å². The minimum Gasteiger partial charge on any atom is -0.480 e. The Morgan fingerprint density at radius 3 is 2.77 bits per heavy atom. The van der Waals surface area contributed by atoms with E-state index in [1.54, 1.807) is 4.57 Å². The standard InChI is InChI=1S/C22H20ClFN2O4/c23-18-9-14(24)8-17-16-10-15(6-7-19(16)26(21(17)18)11-20(27)28)25-22(29)30-12-13-4-2-1-3-5-13/h1-5,8-9,15H,6-7,10-12H2,(H,25,29)(H,27,28)/t15-/m0/s1. The SMILES string of the molecule is O=C(O)Cn1c2c(c3cc(F)cc(Cl)c31)C[C@@H](NC(=O)OCc1ccccc1)CC2. The summed E-state index contributed by atoms with van der Waals surface area (Å²) >= 11 is 6.25. The molecule has 1 amide bonds. The molecule has 1 aromatic heterocycles. The van der Waals surface area contributed by atoms with Gasteiger partial charge in [0.15, 0.2) is 0 Å². The number of nitrogens with zero attached hydrogens (tertiary/aromatic N) is 1. The fraction of sp³-hybridized carbons (Fsp3) is 0.273. The number of rotatable bonds is 5. The van der Waals surface area contributed by atoms with E-state index >= 15 is 0 Å². The molecule has 0 bridgehead atoms. The summed E-state index contributed by atoms with van der Waals surface area (Å²) in [7, 11) is 0. The van der Waals surface area contributed by atoms with Gasteiger partial charge < -0.3 is 19.7 Å². The van der Waals surface area contributed by atoms with Gasteiger partial charge in [-0.1, -0.05) is 41.9 Å². The fourth-order valence-electron chi connectivity index (χ4n) is 4.06. The Balaban J connectivity index is 1.54. The van der Waals surface area contributed by atoms with E-state index in [0.29, 0.717) is 30.2 Å². The maximum atomic E-state index is 14.0. The summed E-state index contributed by atoms with van der Waals surface area (Å²) in [5.41, 5.74) is 3.03. The van der Waals surface area contributed by atoms with Gasteiger partial charge in [0.05, 0.1) is 10.5 Å². The summed E-state index contributed by atoms with van der Waals surface area (Å²) in [5, 5.41) is 12.9. The summed E-state index contributed by atoms with van der Waals surface area (Å²) in [4.78, 5) is 23.6. The lowest BCUT2D eigenvalue weighted by molar-refractivity contribution is -0.137. The lowest BCUT2D eigenvalue weighted by atomic mass is 9.91. The van der Waals surface area contributed by atoms with Crippen molar-refractivity contribution in [2.45, 2.75) is 38.5 Å². The van der Waals surface area contributed by atoms with E-state index in [4.69, 9.17) is 16.3 Å². The minimum atomic E-state index is -1.00. The second-order valence-electron chi connectivity index (χ2n) is 7.33. The predicted octanol–water partition coefficient (Wildman–Crippen LogP) is 4.30. The number of hydrogen-bond acceptors (Lipinski definition) is 3. The van der Waals surface area contributed by atoms with Crippen molar-refractivity contribution < 1.29 is 23.8 Å². The lowest BCUT2D eigenvalue weighted by Gasteiger charge is -2.24. The van der Waals surface area contributed by atoms with Crippen LogP contribution in [0.15, 0.2) is 42.5 Å². The van der Waals surface area contributed by atoms with Crippen molar-refractivity contribution in [3.8, 4) is 0 Å². The molecule has 0 spiro atoms. The number of ether oxygens (including phenoxy) is 1. The number of carbonyl (C=O) groups is 2. The van der Waals surface area contributed by atoms with Crippen molar-refractivity contribution >= 4 is 34.6 Å². The van der Waals surface area contributed by atoms with Crippen LogP contribution in [0.5, 0.6) is 0 Å². The highest BCUT2D eigenvalue weighted by molar-refractivity contribution is 6.35. The van der Waals surface area contributed by atoms with Crippen molar-refractivity contribution in [2.75, 3.05) is 0 Å². The molecule has 1 aliphatic carbocycles. The first-order chi connectivity index (χ1) is 14.4. The van der Waals surface area contributed by atoms with Crippen LogP contribution in [-0.2, 0) is 35.5 Å². The molecule has 1 atom stereocenters. The summed E-state index contributed by atoms with van der Waals surface area (Å²) in [5.74, 6) is -1.49. The van der Waals surface area contributed by atoms with E-state index in [2.05, 4.69) is 5.32 Å². The second-order valence-corrected chi connectivity index (χ2v) is 7.74. The third-order valence-electron chi connectivity index (χ3n) is 5.31. The Morgan fingerprint density at radius 1 is 1.27 bits per heavy atom. The molecule has 30 heavy (non-hydrogen) atoms. The molecule has 4 rings (SSSR count). The van der Waals surface area contributed by atoms with Gasteiger partial charge in [-0.15, -0.1) is 0 Å². The third kappa shape index (κ3) is 4.11. The van der Waals surface area contributed by atoms with Crippen LogP contribution in [0, 0.1) is 5.82 Å². The average Bonchev–Trinajstić information content (AvgIpc) is 3.00. The smallest absolute Gasteiger partial charge is 0.407 e. The fourth-order valence-corrected chi connectivity index (χ4v) is 4.37. The molecule has 0 saturated carbocycles. The molecule has 6 nitrogen and oxygen atoms in total. The van der Waals surface area contributed by atoms with Gasteiger partial charge in [-0.3, -0.25) is 4.79 Å². The number of alkyl carbamates (subject to hydrolysis) is 1. The first kappa shape index (κ1) is 20.2. The molecule has 1 aliphatic rings. The van der Waals surface area contributed by atoms with Gasteiger partial charge in [0.1, 0.15) is 19.0 Å². The van der Waals surface area contributed by atoms with Gasteiger partial charge in [0, 0.05) is 17.1 Å². The van der Waals surface area contributed by atoms with E-state index in [0.717, 1.165) is 16.8 Å². The zero-order valence-electron chi connectivity index (χ0n) is 16.0. The van der Waals surface area contributed by atoms with Crippen LogP contribution in [-0.4, -0.2) is 27.8 Å². The predicted molar refractivity (Wildman–Crippen MR) is 110 cm³/mol. The molecule has 156 valence electrons. The first-order valence-corrected chi connectivity index (χ1v) is 9.98. The van der Waals surface area contributed by atoms with Crippen LogP contribution in [0.2, 0.25) is 5.02 Å². The molecule has 0 radical (unpaired) electrons. The zero-order chi connectivity index (χ0) is 21.3. The van der Waals surface area contributed by atoms with Crippen LogP contribution >= 0.6 is 11.6 Å². The van der Waals surface area contributed by atoms with Gasteiger partial charge >= 0.3 is 12.1 Å². The largest absolute Gasteiger partial charge is 0.480 e. The quantitative estimate of drug-likeness (QED) is 0.632. The van der Waals surface area contributed by atoms with E-state index in [9.17, 15) is 19.1 Å². The third-order valence-corrected chi connectivity index (χ3v) is 5.59. The zero-order valence-corrected chi connectivity index (χ0v) is 16.8. The van der Waals surface area contributed by atoms with E-state index in [1.165, 1.54) is 12.1 Å². The number of aromatic nitrogens is 1. The Labute approximate surface area is 177 Å². The van der Waals surface area contributed by atoms with Crippen molar-refractivity contribution in [1.29, 1.82) is 0 Å². The number of aliphatic carboxylic acids is 1. The van der Waals surface area contributed by atoms with Crippen molar-refractivity contribution in [1.82, 2.24) is 9.88 Å². The van der Waals surface area contributed by atoms with E-state index in [-0.39, 0.29) is 24.2 Å². The van der Waals surface area contributed by atoms with Crippen LogP contribution in [0.3, 0.4) is 0 Å². The highest BCUT2D eigenvalue weighted by atomic mass is 35.5. The Bertz CT molecular complexity index is 1110. The molecular formula is C22H20ClFN2O4. The van der Waals surface area contributed by atoms with Gasteiger partial charge in [-0.2, -0.15) is 0 Å². The summed E-state index contributed by atoms with van der Waals surface area (Å²) in [6.45, 7) is -0.0855. The number of carbonyl (C=O) groups excluding carboxylic acids is 1. The van der Waals surface area contributed by atoms with E-state index < -0.39 is 17.9 Å². The number of benzene rings is 2. The van der Waals surface area contributed by atoms with Crippen LogP contribution in [0.25, 0.3) is 10.9 Å². The van der Waals surface area contributed by atoms with Gasteiger partial charge in [-0.25, -0.2) is 9.18 Å². The number of nitrogens with one attached hydrogen (secondary N) is 1. The monoisotopic (exact) mass is 430 g/mol. The van der Waals surface area contributed by atoms with Gasteiger partial charge in [0.2, 0.25) is 0 Å². The number of hydrogen-bond donors (Lipinski definition) is 2. The number of carboxylic acids is 1. The first-order valence-electron chi connectivity index (χ1n) is 9.60. The number of amides is 1. The summed E-state index contributed by atoms with van der Waals surface area (Å²) in [6, 6.07) is 11.7. The summed E-state index contributed by atoms with van der Waals surface area (Å²) < 4.78 is 20.9. The van der Waals surface area contributed by atoms with Crippen molar-refractivity contribution in [3.63, 3.8) is 0 Å². The molecular weight excluding hydrogens is 411 g/mol. The maximum absolute atomic E-state index is 14.0. The maximum Gasteiger partial charge on any atom is 0.407 e. The highest BCUT2D eigenvalue weighted by Gasteiger charge is 2.28. The summed E-state index contributed by atoms with van der Waals surface area (Å²) in [6.07, 6.45) is 1.08. The van der Waals surface area contributed by atoms with Crippen LogP contribution < -0.4 is 5.32 Å². The number of fused-ring (bicyclic) bond motifs is 3. The Morgan fingerprint density at radius 2 is 2.03 bits per heavy atom. The average molecular weight is 431 g/mol. The van der Waals surface area contributed by atoms with Crippen LogP contribution in [0.1, 0.15) is 23.2 Å². The normalized spacial score (nSPS) is 15.6. The molecule has 0 aliphatic heterocycles. The van der Waals surface area contributed by atoms with Crippen molar-refractivity contribution in [2.24, 2.45) is 0 Å². The van der Waals surface area contributed by atoms with E-state index in [1.807, 2.05) is 30.3 Å². The molecule has 2 N–H and O–H groups in total. The molecule has 1 heterocycles.